The molecule has 5 nitrogen and oxygen atoms in total. The number of methoxy groups -OCH3 is 1. The highest BCUT2D eigenvalue weighted by Gasteiger charge is 2.15. The van der Waals surface area contributed by atoms with Gasteiger partial charge in [0.25, 0.3) is 0 Å². The summed E-state index contributed by atoms with van der Waals surface area (Å²) < 4.78 is 20.7. The molecule has 2 aromatic carbocycles. The van der Waals surface area contributed by atoms with E-state index in [-0.39, 0.29) is 5.56 Å². The lowest BCUT2D eigenvalue weighted by Crippen LogP contribution is -2.05. The molecule has 4 rings (SSSR count). The number of benzene rings is 2. The first-order valence-corrected chi connectivity index (χ1v) is 8.77. The van der Waals surface area contributed by atoms with Gasteiger partial charge in [0.15, 0.2) is 5.65 Å². The van der Waals surface area contributed by atoms with Crippen LogP contribution in [-0.4, -0.2) is 27.6 Å². The quantitative estimate of drug-likeness (QED) is 0.490. The van der Waals surface area contributed by atoms with Crippen LogP contribution < -0.4 is 0 Å². The van der Waals surface area contributed by atoms with E-state index in [0.29, 0.717) is 16.9 Å². The Morgan fingerprint density at radius 1 is 1.07 bits per heavy atom. The van der Waals surface area contributed by atoms with Crippen molar-refractivity contribution in [3.05, 3.63) is 77.4 Å². The number of nitrogens with zero attached hydrogens (tertiary/aromatic N) is 3. The molecule has 2 heterocycles. The Balaban J connectivity index is 1.83. The molecule has 0 N–H and O–H groups in total. The number of rotatable bonds is 3. The molecule has 28 heavy (non-hydrogen) atoms. The van der Waals surface area contributed by atoms with Gasteiger partial charge in [-0.15, -0.1) is 0 Å². The second kappa shape index (κ2) is 6.88. The van der Waals surface area contributed by atoms with Gasteiger partial charge in [-0.25, -0.2) is 14.2 Å². The van der Waals surface area contributed by atoms with Crippen molar-refractivity contribution in [1.29, 1.82) is 0 Å². The van der Waals surface area contributed by atoms with Crippen LogP contribution in [0, 0.1) is 19.7 Å². The van der Waals surface area contributed by atoms with Gasteiger partial charge in [0.05, 0.1) is 30.3 Å². The minimum atomic E-state index is -0.710. The van der Waals surface area contributed by atoms with Gasteiger partial charge in [-0.05, 0) is 50.2 Å². The summed E-state index contributed by atoms with van der Waals surface area (Å²) in [4.78, 5) is 20.9. The van der Waals surface area contributed by atoms with Crippen molar-refractivity contribution in [2.45, 2.75) is 13.8 Å². The summed E-state index contributed by atoms with van der Waals surface area (Å²) in [6.45, 7) is 4.08. The average Bonchev–Trinajstić information content (AvgIpc) is 3.09. The van der Waals surface area contributed by atoms with E-state index in [1.165, 1.54) is 19.2 Å². The summed E-state index contributed by atoms with van der Waals surface area (Å²) in [5.74, 6) is -1.36. The molecule has 0 atom stereocenters. The van der Waals surface area contributed by atoms with Crippen LogP contribution in [-0.2, 0) is 4.74 Å². The van der Waals surface area contributed by atoms with Crippen LogP contribution in [0.1, 0.15) is 21.5 Å². The minimum absolute atomic E-state index is 0.107. The Kier molecular flexibility index (Phi) is 4.39. The third kappa shape index (κ3) is 3.13. The fraction of sp³-hybridized carbons (Fsp3) is 0.136. The van der Waals surface area contributed by atoms with Crippen LogP contribution in [0.4, 0.5) is 4.39 Å². The van der Waals surface area contributed by atoms with Gasteiger partial charge < -0.3 is 4.74 Å². The number of ether oxygens (including phenoxy) is 1. The van der Waals surface area contributed by atoms with Crippen LogP contribution in [0.2, 0.25) is 0 Å². The average molecular weight is 375 g/mol. The molecule has 6 heteroatoms. The van der Waals surface area contributed by atoms with Crippen molar-refractivity contribution in [3.63, 3.8) is 0 Å². The van der Waals surface area contributed by atoms with Gasteiger partial charge in [0.1, 0.15) is 11.3 Å². The van der Waals surface area contributed by atoms with E-state index in [0.717, 1.165) is 22.4 Å². The van der Waals surface area contributed by atoms with E-state index in [1.54, 1.807) is 23.0 Å². The summed E-state index contributed by atoms with van der Waals surface area (Å²) in [7, 11) is 1.22. The number of esters is 1. The molecular formula is C22H18FN3O2. The summed E-state index contributed by atoms with van der Waals surface area (Å²) in [6, 6.07) is 12.4. The Bertz CT molecular complexity index is 1190. The molecule has 0 aliphatic rings. The van der Waals surface area contributed by atoms with Gasteiger partial charge >= 0.3 is 5.97 Å². The molecule has 0 amide bonds. The standard InChI is InChI=1S/C22H18FN3O2/c1-13-8-14(2)10-15(9-13)20-12-24-19-6-7-26(21(19)25-20)16-4-5-17(18(23)11-16)22(27)28-3/h4-12H,1-3H3. The molecule has 0 bridgehead atoms. The predicted molar refractivity (Wildman–Crippen MR) is 105 cm³/mol. The van der Waals surface area contributed by atoms with E-state index < -0.39 is 11.8 Å². The molecule has 0 unspecified atom stereocenters. The second-order valence-corrected chi connectivity index (χ2v) is 6.68. The van der Waals surface area contributed by atoms with Crippen LogP contribution in [0.5, 0.6) is 0 Å². The third-order valence-electron chi connectivity index (χ3n) is 4.54. The highest BCUT2D eigenvalue weighted by molar-refractivity contribution is 5.90. The normalized spacial score (nSPS) is 11.0. The van der Waals surface area contributed by atoms with Crippen LogP contribution in [0.3, 0.4) is 0 Å². The molecule has 0 spiro atoms. The predicted octanol–water partition coefficient (Wildman–Crippen LogP) is 4.63. The zero-order valence-electron chi connectivity index (χ0n) is 15.7. The molecule has 2 aromatic heterocycles. The molecule has 0 aliphatic carbocycles. The van der Waals surface area contributed by atoms with E-state index in [9.17, 15) is 9.18 Å². The fourth-order valence-corrected chi connectivity index (χ4v) is 3.30. The SMILES string of the molecule is COC(=O)c1ccc(-n2ccc3ncc(-c4cc(C)cc(C)c4)nc32)cc1F. The number of aryl methyl sites for hydroxylation is 2. The highest BCUT2D eigenvalue weighted by Crippen LogP contribution is 2.25. The molecule has 4 aromatic rings. The molecule has 140 valence electrons. The first-order chi connectivity index (χ1) is 13.5. The number of hydrogen-bond donors (Lipinski definition) is 0. The maximum atomic E-state index is 14.4. The molecule has 0 fully saturated rings. The van der Waals surface area contributed by atoms with E-state index in [2.05, 4.69) is 27.9 Å². The molecule has 0 saturated heterocycles. The molecule has 0 saturated carbocycles. The van der Waals surface area contributed by atoms with Gasteiger partial charge in [-0.1, -0.05) is 17.2 Å². The number of hydrogen-bond acceptors (Lipinski definition) is 4. The van der Waals surface area contributed by atoms with Crippen LogP contribution in [0.25, 0.3) is 28.1 Å². The van der Waals surface area contributed by atoms with Gasteiger partial charge in [0, 0.05) is 11.8 Å². The number of aromatic nitrogens is 3. The highest BCUT2D eigenvalue weighted by atomic mass is 19.1. The van der Waals surface area contributed by atoms with Crippen molar-refractivity contribution in [1.82, 2.24) is 14.5 Å². The van der Waals surface area contributed by atoms with Crippen LogP contribution >= 0.6 is 0 Å². The van der Waals surface area contributed by atoms with Crippen molar-refractivity contribution < 1.29 is 13.9 Å². The number of halogens is 1. The zero-order valence-corrected chi connectivity index (χ0v) is 15.7. The van der Waals surface area contributed by atoms with E-state index in [1.807, 2.05) is 19.9 Å². The summed E-state index contributed by atoms with van der Waals surface area (Å²) >= 11 is 0. The number of fused-ring (bicyclic) bond motifs is 1. The minimum Gasteiger partial charge on any atom is -0.465 e. The molecule has 0 aliphatic heterocycles. The monoisotopic (exact) mass is 375 g/mol. The summed E-state index contributed by atoms with van der Waals surface area (Å²) in [6.07, 6.45) is 3.52. The smallest absolute Gasteiger partial charge is 0.340 e. The van der Waals surface area contributed by atoms with Gasteiger partial charge in [-0.3, -0.25) is 9.55 Å². The summed E-state index contributed by atoms with van der Waals surface area (Å²) in [5.41, 5.74) is 5.77. The maximum Gasteiger partial charge on any atom is 0.340 e. The van der Waals surface area contributed by atoms with Gasteiger partial charge in [-0.2, -0.15) is 0 Å². The zero-order chi connectivity index (χ0) is 19.8. The Labute approximate surface area is 161 Å². The summed E-state index contributed by atoms with van der Waals surface area (Å²) in [5, 5.41) is 0. The van der Waals surface area contributed by atoms with Crippen molar-refractivity contribution >= 4 is 17.1 Å². The van der Waals surface area contributed by atoms with Crippen molar-refractivity contribution in [2.75, 3.05) is 7.11 Å². The maximum absolute atomic E-state index is 14.4. The Morgan fingerprint density at radius 3 is 2.50 bits per heavy atom. The topological polar surface area (TPSA) is 57.0 Å². The lowest BCUT2D eigenvalue weighted by Gasteiger charge is -2.09. The lowest BCUT2D eigenvalue weighted by molar-refractivity contribution is 0.0595. The first kappa shape index (κ1) is 17.9. The number of carbonyl (C=O) groups excluding carboxylic acids is 1. The second-order valence-electron chi connectivity index (χ2n) is 6.68. The van der Waals surface area contributed by atoms with Crippen molar-refractivity contribution in [3.8, 4) is 16.9 Å². The molecular weight excluding hydrogens is 357 g/mol. The fourth-order valence-electron chi connectivity index (χ4n) is 3.30. The largest absolute Gasteiger partial charge is 0.465 e. The van der Waals surface area contributed by atoms with Gasteiger partial charge in [0.2, 0.25) is 0 Å². The van der Waals surface area contributed by atoms with Crippen molar-refractivity contribution in [2.24, 2.45) is 0 Å². The third-order valence-corrected chi connectivity index (χ3v) is 4.54. The number of carbonyl (C=O) groups is 1. The van der Waals surface area contributed by atoms with E-state index >= 15 is 0 Å². The lowest BCUT2D eigenvalue weighted by atomic mass is 10.1. The Morgan fingerprint density at radius 2 is 1.82 bits per heavy atom. The van der Waals surface area contributed by atoms with Crippen LogP contribution in [0.15, 0.2) is 54.9 Å². The Hall–Kier alpha value is -3.54. The molecule has 0 radical (unpaired) electrons. The first-order valence-electron chi connectivity index (χ1n) is 8.77. The van der Waals surface area contributed by atoms with E-state index in [4.69, 9.17) is 4.98 Å².